The van der Waals surface area contributed by atoms with Crippen molar-refractivity contribution in [2.24, 2.45) is 11.8 Å². The van der Waals surface area contributed by atoms with Gasteiger partial charge in [-0.3, -0.25) is 24.6 Å². The Morgan fingerprint density at radius 3 is 2.34 bits per heavy atom. The first-order chi connectivity index (χ1) is 16.9. The Morgan fingerprint density at radius 2 is 1.69 bits per heavy atom. The molecule has 0 radical (unpaired) electrons. The molecule has 2 amide bonds. The Bertz CT molecular complexity index is 1290. The van der Waals surface area contributed by atoms with E-state index in [4.69, 9.17) is 16.3 Å². The standard InChI is InChI=1S/C28H25ClN2O4/c1-31-25(32)22-23(26(31)33)28(27(34)35-2,16-17-7-4-3-5-8-17)30-24(22)19-13-11-18(12-14-19)20-9-6-10-21(29)15-20/h3-15,22-24,30H,16H2,1-2H3/t22-,23-,24-,28-/m1/s1. The normalized spacial score (nSPS) is 25.6. The van der Waals surface area contributed by atoms with Crippen LogP contribution in [0.5, 0.6) is 0 Å². The van der Waals surface area contributed by atoms with E-state index in [-0.39, 0.29) is 18.2 Å². The summed E-state index contributed by atoms with van der Waals surface area (Å²) < 4.78 is 5.21. The van der Waals surface area contributed by atoms with Crippen LogP contribution in [0.2, 0.25) is 5.02 Å². The molecule has 0 aliphatic carbocycles. The van der Waals surface area contributed by atoms with Crippen LogP contribution in [-0.4, -0.2) is 42.4 Å². The van der Waals surface area contributed by atoms with Crippen molar-refractivity contribution in [2.75, 3.05) is 14.2 Å². The van der Waals surface area contributed by atoms with E-state index in [0.29, 0.717) is 5.02 Å². The molecule has 3 aromatic carbocycles. The number of rotatable bonds is 5. The van der Waals surface area contributed by atoms with Gasteiger partial charge in [0.25, 0.3) is 0 Å². The van der Waals surface area contributed by atoms with Crippen LogP contribution in [0.3, 0.4) is 0 Å². The molecule has 35 heavy (non-hydrogen) atoms. The lowest BCUT2D eigenvalue weighted by atomic mass is 9.76. The lowest BCUT2D eigenvalue weighted by molar-refractivity contribution is -0.153. The number of imide groups is 1. The third-order valence-corrected chi connectivity index (χ3v) is 7.41. The van der Waals surface area contributed by atoms with Crippen molar-refractivity contribution in [1.29, 1.82) is 0 Å². The molecule has 2 heterocycles. The molecule has 6 nitrogen and oxygen atoms in total. The molecular weight excluding hydrogens is 464 g/mol. The molecule has 178 valence electrons. The highest BCUT2D eigenvalue weighted by Crippen LogP contribution is 2.50. The zero-order valence-electron chi connectivity index (χ0n) is 19.4. The fourth-order valence-corrected chi connectivity index (χ4v) is 5.70. The summed E-state index contributed by atoms with van der Waals surface area (Å²) in [6.07, 6.45) is 0.228. The average Bonchev–Trinajstić information content (AvgIpc) is 3.34. The first-order valence-electron chi connectivity index (χ1n) is 11.4. The number of amides is 2. The van der Waals surface area contributed by atoms with Gasteiger partial charge < -0.3 is 4.74 Å². The fraction of sp³-hybridized carbons (Fsp3) is 0.250. The SMILES string of the molecule is COC(=O)[C@]1(Cc2ccccc2)N[C@H](c2ccc(-c3cccc(Cl)c3)cc2)[C@@H]2C(=O)N(C)C(=O)[C@@H]21. The van der Waals surface area contributed by atoms with Crippen LogP contribution in [-0.2, 0) is 25.5 Å². The summed E-state index contributed by atoms with van der Waals surface area (Å²) in [4.78, 5) is 41.0. The molecule has 2 aliphatic heterocycles. The first-order valence-corrected chi connectivity index (χ1v) is 11.8. The van der Waals surface area contributed by atoms with Gasteiger partial charge in [-0.15, -0.1) is 0 Å². The zero-order valence-corrected chi connectivity index (χ0v) is 20.2. The summed E-state index contributed by atoms with van der Waals surface area (Å²) >= 11 is 6.15. The van der Waals surface area contributed by atoms with Crippen molar-refractivity contribution in [2.45, 2.75) is 18.0 Å². The predicted molar refractivity (Wildman–Crippen MR) is 132 cm³/mol. The number of methoxy groups -OCH3 is 1. The van der Waals surface area contributed by atoms with Crippen LogP contribution in [0.4, 0.5) is 0 Å². The van der Waals surface area contributed by atoms with Crippen LogP contribution in [0, 0.1) is 11.8 Å². The van der Waals surface area contributed by atoms with Gasteiger partial charge in [0.15, 0.2) is 0 Å². The van der Waals surface area contributed by atoms with E-state index in [0.717, 1.165) is 27.2 Å². The molecule has 0 saturated carbocycles. The number of carbonyl (C=O) groups is 3. The highest BCUT2D eigenvalue weighted by atomic mass is 35.5. The number of halogens is 1. The lowest BCUT2D eigenvalue weighted by Crippen LogP contribution is -2.57. The van der Waals surface area contributed by atoms with E-state index >= 15 is 0 Å². The van der Waals surface area contributed by atoms with Gasteiger partial charge in [-0.05, 0) is 34.4 Å². The Labute approximate surface area is 208 Å². The second-order valence-electron chi connectivity index (χ2n) is 9.12. The average molecular weight is 489 g/mol. The molecule has 5 rings (SSSR count). The van der Waals surface area contributed by atoms with Crippen LogP contribution in [0.15, 0.2) is 78.9 Å². The second-order valence-corrected chi connectivity index (χ2v) is 9.56. The molecule has 0 spiro atoms. The molecule has 7 heteroatoms. The molecular formula is C28H25ClN2O4. The molecule has 2 saturated heterocycles. The van der Waals surface area contributed by atoms with Gasteiger partial charge in [-0.2, -0.15) is 0 Å². The van der Waals surface area contributed by atoms with E-state index < -0.39 is 29.4 Å². The molecule has 4 atom stereocenters. The minimum atomic E-state index is -1.37. The van der Waals surface area contributed by atoms with Gasteiger partial charge in [0.2, 0.25) is 11.8 Å². The number of fused-ring (bicyclic) bond motifs is 1. The molecule has 0 unspecified atom stereocenters. The smallest absolute Gasteiger partial charge is 0.327 e. The number of hydrogen-bond donors (Lipinski definition) is 1. The van der Waals surface area contributed by atoms with E-state index in [1.807, 2.05) is 78.9 Å². The summed E-state index contributed by atoms with van der Waals surface area (Å²) in [5, 5.41) is 4.05. The number of carbonyl (C=O) groups excluding carboxylic acids is 3. The van der Waals surface area contributed by atoms with Crippen LogP contribution < -0.4 is 5.32 Å². The molecule has 1 N–H and O–H groups in total. The molecule has 2 fully saturated rings. The number of hydrogen-bond acceptors (Lipinski definition) is 5. The monoisotopic (exact) mass is 488 g/mol. The number of nitrogens with one attached hydrogen (secondary N) is 1. The second kappa shape index (κ2) is 8.95. The number of likely N-dealkylation sites (tertiary alicyclic amines) is 1. The Morgan fingerprint density at radius 1 is 0.971 bits per heavy atom. The summed E-state index contributed by atoms with van der Waals surface area (Å²) in [6, 6.07) is 24.3. The van der Waals surface area contributed by atoms with Crippen LogP contribution in [0.25, 0.3) is 11.1 Å². The first kappa shape index (κ1) is 23.3. The van der Waals surface area contributed by atoms with Crippen molar-refractivity contribution >= 4 is 29.4 Å². The maximum Gasteiger partial charge on any atom is 0.327 e. The van der Waals surface area contributed by atoms with E-state index in [1.54, 1.807) is 0 Å². The number of esters is 1. The maximum atomic E-state index is 13.3. The van der Waals surface area contributed by atoms with Gasteiger partial charge in [-0.25, -0.2) is 0 Å². The Hall–Kier alpha value is -3.48. The van der Waals surface area contributed by atoms with Gasteiger partial charge >= 0.3 is 5.97 Å². The van der Waals surface area contributed by atoms with Gasteiger partial charge in [0, 0.05) is 24.5 Å². The van der Waals surface area contributed by atoms with Gasteiger partial charge in [-0.1, -0.05) is 78.3 Å². The van der Waals surface area contributed by atoms with Crippen molar-refractivity contribution < 1.29 is 19.1 Å². The summed E-state index contributed by atoms with van der Waals surface area (Å²) in [5.74, 6) is -2.80. The third kappa shape index (κ3) is 3.83. The predicted octanol–water partition coefficient (Wildman–Crippen LogP) is 4.04. The third-order valence-electron chi connectivity index (χ3n) is 7.18. The Kier molecular flexibility index (Phi) is 5.95. The fourth-order valence-electron chi connectivity index (χ4n) is 5.51. The number of nitrogens with zero attached hydrogens (tertiary/aromatic N) is 1. The van der Waals surface area contributed by atoms with E-state index in [1.165, 1.54) is 14.2 Å². The molecule has 3 aromatic rings. The largest absolute Gasteiger partial charge is 0.468 e. The van der Waals surface area contributed by atoms with Gasteiger partial charge in [0.05, 0.1) is 18.9 Å². The van der Waals surface area contributed by atoms with Crippen molar-refractivity contribution in [3.8, 4) is 11.1 Å². The van der Waals surface area contributed by atoms with Gasteiger partial charge in [0.1, 0.15) is 5.54 Å². The molecule has 0 bridgehead atoms. The topological polar surface area (TPSA) is 75.7 Å². The van der Waals surface area contributed by atoms with Crippen molar-refractivity contribution in [3.05, 3.63) is 95.0 Å². The Balaban J connectivity index is 1.57. The number of benzene rings is 3. The van der Waals surface area contributed by atoms with Crippen molar-refractivity contribution in [3.63, 3.8) is 0 Å². The van der Waals surface area contributed by atoms with E-state index in [9.17, 15) is 14.4 Å². The highest BCUT2D eigenvalue weighted by Gasteiger charge is 2.68. The molecule has 0 aromatic heterocycles. The lowest BCUT2D eigenvalue weighted by Gasteiger charge is -2.32. The molecule has 2 aliphatic rings. The summed E-state index contributed by atoms with van der Waals surface area (Å²) in [6.45, 7) is 0. The maximum absolute atomic E-state index is 13.3. The van der Waals surface area contributed by atoms with Crippen LogP contribution >= 0.6 is 11.6 Å². The van der Waals surface area contributed by atoms with Crippen molar-refractivity contribution in [1.82, 2.24) is 10.2 Å². The summed E-state index contributed by atoms with van der Waals surface area (Å²) in [5.41, 5.74) is 2.27. The highest BCUT2D eigenvalue weighted by molar-refractivity contribution is 6.30. The minimum Gasteiger partial charge on any atom is -0.468 e. The zero-order chi connectivity index (χ0) is 24.7. The summed E-state index contributed by atoms with van der Waals surface area (Å²) in [7, 11) is 2.79. The van der Waals surface area contributed by atoms with E-state index in [2.05, 4.69) is 5.32 Å². The number of ether oxygens (including phenoxy) is 1. The van der Waals surface area contributed by atoms with Crippen LogP contribution in [0.1, 0.15) is 17.2 Å². The minimum absolute atomic E-state index is 0.228. The quantitative estimate of drug-likeness (QED) is 0.433.